The summed E-state index contributed by atoms with van der Waals surface area (Å²) in [5, 5.41) is 0.739. The lowest BCUT2D eigenvalue weighted by molar-refractivity contribution is 0.0978. The van der Waals surface area contributed by atoms with Crippen LogP contribution in [0.5, 0.6) is 0 Å². The molecule has 1 aromatic rings. The molecule has 0 aromatic heterocycles. The van der Waals surface area contributed by atoms with Gasteiger partial charge in [-0.15, -0.1) is 0 Å². The molecule has 0 spiro atoms. The number of nitrogens with two attached hydrogens (primary N) is 1. The third-order valence-corrected chi connectivity index (χ3v) is 2.31. The van der Waals surface area contributed by atoms with Crippen LogP contribution in [0.2, 0.25) is 5.02 Å². The fraction of sp³-hybridized carbons (Fsp3) is 0.400. The van der Waals surface area contributed by atoms with Crippen molar-refractivity contribution in [2.75, 3.05) is 13.7 Å². The Labute approximate surface area is 83.6 Å². The first-order valence-corrected chi connectivity index (χ1v) is 4.64. The van der Waals surface area contributed by atoms with Crippen molar-refractivity contribution in [1.29, 1.82) is 0 Å². The highest BCUT2D eigenvalue weighted by molar-refractivity contribution is 6.31. The van der Waals surface area contributed by atoms with Gasteiger partial charge in [-0.05, 0) is 24.6 Å². The molecule has 13 heavy (non-hydrogen) atoms. The molecule has 2 nitrogen and oxygen atoms in total. The largest absolute Gasteiger partial charge is 0.377 e. The van der Waals surface area contributed by atoms with Crippen LogP contribution in [0.3, 0.4) is 0 Å². The molecule has 0 saturated heterocycles. The van der Waals surface area contributed by atoms with E-state index in [-0.39, 0.29) is 6.10 Å². The molecule has 0 bridgehead atoms. The minimum atomic E-state index is 0.0127. The van der Waals surface area contributed by atoms with Gasteiger partial charge in [0.25, 0.3) is 0 Å². The highest BCUT2D eigenvalue weighted by atomic mass is 35.5. The van der Waals surface area contributed by atoms with Gasteiger partial charge in [-0.25, -0.2) is 0 Å². The maximum absolute atomic E-state index is 6.01. The Morgan fingerprint density at radius 2 is 2.15 bits per heavy atom. The first-order chi connectivity index (χ1) is 6.29. The summed E-state index contributed by atoms with van der Waals surface area (Å²) in [6.45, 7) is 0.601. The highest BCUT2D eigenvalue weighted by Gasteiger charge is 2.11. The van der Waals surface area contributed by atoms with Gasteiger partial charge in [-0.3, -0.25) is 0 Å². The van der Waals surface area contributed by atoms with E-state index in [1.165, 1.54) is 0 Å². The van der Waals surface area contributed by atoms with Crippen LogP contribution in [0.25, 0.3) is 0 Å². The maximum Gasteiger partial charge on any atom is 0.0847 e. The fourth-order valence-electron chi connectivity index (χ4n) is 1.29. The zero-order valence-electron chi connectivity index (χ0n) is 7.66. The molecule has 1 aromatic carbocycles. The van der Waals surface area contributed by atoms with Crippen LogP contribution in [0.4, 0.5) is 0 Å². The summed E-state index contributed by atoms with van der Waals surface area (Å²) < 4.78 is 5.29. The third-order valence-electron chi connectivity index (χ3n) is 1.97. The number of hydrogen-bond donors (Lipinski definition) is 1. The van der Waals surface area contributed by atoms with E-state index in [1.807, 2.05) is 24.3 Å². The zero-order chi connectivity index (χ0) is 9.68. The lowest BCUT2D eigenvalue weighted by Crippen LogP contribution is -2.09. The Morgan fingerprint density at radius 3 is 2.69 bits per heavy atom. The maximum atomic E-state index is 6.01. The van der Waals surface area contributed by atoms with E-state index in [0.29, 0.717) is 6.54 Å². The van der Waals surface area contributed by atoms with E-state index in [1.54, 1.807) is 7.11 Å². The van der Waals surface area contributed by atoms with Crippen LogP contribution >= 0.6 is 11.6 Å². The van der Waals surface area contributed by atoms with Gasteiger partial charge in [0.2, 0.25) is 0 Å². The predicted molar refractivity (Wildman–Crippen MR) is 54.9 cm³/mol. The monoisotopic (exact) mass is 199 g/mol. The molecular weight excluding hydrogens is 186 g/mol. The summed E-state index contributed by atoms with van der Waals surface area (Å²) in [5.41, 5.74) is 6.48. The van der Waals surface area contributed by atoms with Crippen LogP contribution in [0, 0.1) is 0 Å². The Bertz CT molecular complexity index is 265. The Morgan fingerprint density at radius 1 is 1.46 bits per heavy atom. The number of rotatable bonds is 4. The number of ether oxygens (including phenoxy) is 1. The van der Waals surface area contributed by atoms with E-state index in [0.717, 1.165) is 17.0 Å². The molecule has 1 unspecified atom stereocenters. The molecule has 0 amide bonds. The van der Waals surface area contributed by atoms with Gasteiger partial charge in [0.1, 0.15) is 0 Å². The standard InChI is InChI=1S/C10H14ClNO/c1-13-10(6-7-12)8-4-2-3-5-9(8)11/h2-5,10H,6-7,12H2,1H3. The van der Waals surface area contributed by atoms with Crippen molar-refractivity contribution in [2.45, 2.75) is 12.5 Å². The van der Waals surface area contributed by atoms with Crippen molar-refractivity contribution >= 4 is 11.6 Å². The van der Waals surface area contributed by atoms with Crippen molar-refractivity contribution in [3.63, 3.8) is 0 Å². The van der Waals surface area contributed by atoms with Gasteiger partial charge in [0.15, 0.2) is 0 Å². The molecule has 72 valence electrons. The second-order valence-corrected chi connectivity index (χ2v) is 3.23. The van der Waals surface area contributed by atoms with Gasteiger partial charge in [0, 0.05) is 12.1 Å². The molecule has 0 heterocycles. The molecule has 0 aliphatic heterocycles. The van der Waals surface area contributed by atoms with Crippen LogP contribution in [0.15, 0.2) is 24.3 Å². The van der Waals surface area contributed by atoms with E-state index in [2.05, 4.69) is 0 Å². The second kappa shape index (κ2) is 5.22. The molecule has 0 aliphatic rings. The van der Waals surface area contributed by atoms with E-state index in [4.69, 9.17) is 22.1 Å². The summed E-state index contributed by atoms with van der Waals surface area (Å²) in [7, 11) is 1.67. The topological polar surface area (TPSA) is 35.2 Å². The van der Waals surface area contributed by atoms with Crippen LogP contribution in [-0.4, -0.2) is 13.7 Å². The van der Waals surface area contributed by atoms with Crippen LogP contribution < -0.4 is 5.73 Å². The van der Waals surface area contributed by atoms with E-state index < -0.39 is 0 Å². The summed E-state index contributed by atoms with van der Waals surface area (Å²) in [4.78, 5) is 0. The molecule has 3 heteroatoms. The molecule has 1 atom stereocenters. The smallest absolute Gasteiger partial charge is 0.0847 e. The number of halogens is 1. The lowest BCUT2D eigenvalue weighted by atomic mass is 10.1. The minimum Gasteiger partial charge on any atom is -0.377 e. The zero-order valence-corrected chi connectivity index (χ0v) is 8.42. The van der Waals surface area contributed by atoms with E-state index >= 15 is 0 Å². The summed E-state index contributed by atoms with van der Waals surface area (Å²) in [5.74, 6) is 0. The number of hydrogen-bond acceptors (Lipinski definition) is 2. The van der Waals surface area contributed by atoms with Crippen molar-refractivity contribution in [2.24, 2.45) is 5.73 Å². The molecule has 0 radical (unpaired) electrons. The summed E-state index contributed by atoms with van der Waals surface area (Å²) >= 11 is 6.01. The summed E-state index contributed by atoms with van der Waals surface area (Å²) in [6, 6.07) is 7.68. The predicted octanol–water partition coefficient (Wildman–Crippen LogP) is 2.38. The van der Waals surface area contributed by atoms with Crippen molar-refractivity contribution in [3.8, 4) is 0 Å². The SMILES string of the molecule is COC(CCN)c1ccccc1Cl. The van der Waals surface area contributed by atoms with Crippen molar-refractivity contribution in [1.82, 2.24) is 0 Å². The van der Waals surface area contributed by atoms with Gasteiger partial charge in [-0.1, -0.05) is 29.8 Å². The Kier molecular flexibility index (Phi) is 4.22. The lowest BCUT2D eigenvalue weighted by Gasteiger charge is -2.15. The third kappa shape index (κ3) is 2.69. The number of methoxy groups -OCH3 is 1. The normalized spacial score (nSPS) is 12.8. The van der Waals surface area contributed by atoms with Crippen LogP contribution in [-0.2, 0) is 4.74 Å². The van der Waals surface area contributed by atoms with Crippen molar-refractivity contribution in [3.05, 3.63) is 34.9 Å². The number of benzene rings is 1. The minimum absolute atomic E-state index is 0.0127. The van der Waals surface area contributed by atoms with E-state index in [9.17, 15) is 0 Å². The average molecular weight is 200 g/mol. The highest BCUT2D eigenvalue weighted by Crippen LogP contribution is 2.26. The quantitative estimate of drug-likeness (QED) is 0.808. The van der Waals surface area contributed by atoms with Gasteiger partial charge in [0.05, 0.1) is 6.10 Å². The molecule has 2 N–H and O–H groups in total. The van der Waals surface area contributed by atoms with Crippen molar-refractivity contribution < 1.29 is 4.74 Å². The van der Waals surface area contributed by atoms with Gasteiger partial charge in [-0.2, -0.15) is 0 Å². The first kappa shape index (κ1) is 10.5. The first-order valence-electron chi connectivity index (χ1n) is 4.27. The molecule has 0 fully saturated rings. The Balaban J connectivity index is 2.84. The molecule has 0 saturated carbocycles. The van der Waals surface area contributed by atoms with Gasteiger partial charge < -0.3 is 10.5 Å². The fourth-order valence-corrected chi connectivity index (χ4v) is 1.55. The average Bonchev–Trinajstić information content (AvgIpc) is 2.16. The molecule has 0 aliphatic carbocycles. The van der Waals surface area contributed by atoms with Crippen LogP contribution in [0.1, 0.15) is 18.1 Å². The molecule has 1 rings (SSSR count). The van der Waals surface area contributed by atoms with Gasteiger partial charge >= 0.3 is 0 Å². The molecular formula is C10H14ClNO. The Hall–Kier alpha value is -0.570. The second-order valence-electron chi connectivity index (χ2n) is 2.82. The summed E-state index contributed by atoms with van der Waals surface area (Å²) in [6.07, 6.45) is 0.805.